The number of rotatable bonds is 5. The summed E-state index contributed by atoms with van der Waals surface area (Å²) >= 11 is 1.12. The molecule has 1 fully saturated rings. The number of nitrogens with one attached hydrogen (secondary N) is 1. The van der Waals surface area contributed by atoms with Gasteiger partial charge < -0.3 is 19.2 Å². The third-order valence-electron chi connectivity index (χ3n) is 5.01. The van der Waals surface area contributed by atoms with Gasteiger partial charge in [-0.1, -0.05) is 11.8 Å². The van der Waals surface area contributed by atoms with Crippen LogP contribution < -0.4 is 14.8 Å². The number of halogens is 1. The molecular weight excluding hydrogens is 409 g/mol. The van der Waals surface area contributed by atoms with Crippen molar-refractivity contribution in [1.82, 2.24) is 10.2 Å². The average molecular weight is 427 g/mol. The summed E-state index contributed by atoms with van der Waals surface area (Å²) in [6.07, 6.45) is 3.94. The Morgan fingerprint density at radius 2 is 1.83 bits per heavy atom. The Kier molecular flexibility index (Phi) is 4.82. The standard InChI is InChI=1S/C21H18FN3O4S/c22-14-5-3-13(4-6-14)19-24-25-20(27-19)30-12-18(26)23-15-7-8-16-17(11-15)29-21(28-16)9-1-2-10-21/h3-8,11H,1-2,9-10,12H2,(H,23,26). The van der Waals surface area contributed by atoms with E-state index in [4.69, 9.17) is 13.9 Å². The van der Waals surface area contributed by atoms with Crippen LogP contribution in [0, 0.1) is 5.82 Å². The fourth-order valence-electron chi connectivity index (χ4n) is 3.59. The molecule has 9 heteroatoms. The minimum absolute atomic E-state index is 0.101. The van der Waals surface area contributed by atoms with Gasteiger partial charge in [-0.2, -0.15) is 0 Å². The summed E-state index contributed by atoms with van der Waals surface area (Å²) in [7, 11) is 0. The Balaban J connectivity index is 1.17. The van der Waals surface area contributed by atoms with Crippen LogP contribution in [-0.2, 0) is 4.79 Å². The zero-order valence-electron chi connectivity index (χ0n) is 15.9. The van der Waals surface area contributed by atoms with Gasteiger partial charge in [0, 0.05) is 30.2 Å². The van der Waals surface area contributed by atoms with Crippen molar-refractivity contribution in [2.75, 3.05) is 11.1 Å². The van der Waals surface area contributed by atoms with Crippen molar-refractivity contribution in [1.29, 1.82) is 0 Å². The highest BCUT2D eigenvalue weighted by atomic mass is 32.2. The van der Waals surface area contributed by atoms with Crippen LogP contribution in [0.25, 0.3) is 11.5 Å². The van der Waals surface area contributed by atoms with Gasteiger partial charge >= 0.3 is 0 Å². The van der Waals surface area contributed by atoms with Crippen LogP contribution in [0.5, 0.6) is 11.5 Å². The number of ether oxygens (including phenoxy) is 2. The third-order valence-corrected chi connectivity index (χ3v) is 5.83. The van der Waals surface area contributed by atoms with Crippen molar-refractivity contribution in [2.45, 2.75) is 36.7 Å². The normalized spacial score (nSPS) is 16.2. The van der Waals surface area contributed by atoms with E-state index >= 15 is 0 Å². The zero-order valence-corrected chi connectivity index (χ0v) is 16.7. The first-order chi connectivity index (χ1) is 14.6. The summed E-state index contributed by atoms with van der Waals surface area (Å²) in [5, 5.41) is 10.9. The Labute approximate surface area is 176 Å². The fourth-order valence-corrected chi connectivity index (χ4v) is 4.15. The number of benzene rings is 2. The van der Waals surface area contributed by atoms with Crippen molar-refractivity contribution < 1.29 is 23.1 Å². The lowest BCUT2D eigenvalue weighted by molar-refractivity contribution is -0.113. The van der Waals surface area contributed by atoms with E-state index in [1.54, 1.807) is 24.3 Å². The van der Waals surface area contributed by atoms with E-state index in [2.05, 4.69) is 15.5 Å². The largest absolute Gasteiger partial charge is 0.448 e. The number of fused-ring (bicyclic) bond motifs is 1. The number of carbonyl (C=O) groups is 1. The molecule has 2 aliphatic rings. The van der Waals surface area contributed by atoms with Crippen molar-refractivity contribution in [3.8, 4) is 23.0 Å². The van der Waals surface area contributed by atoms with Crippen LogP contribution in [0.4, 0.5) is 10.1 Å². The summed E-state index contributed by atoms with van der Waals surface area (Å²) in [6.45, 7) is 0. The summed E-state index contributed by atoms with van der Waals surface area (Å²) in [5.41, 5.74) is 1.25. The van der Waals surface area contributed by atoms with Crippen LogP contribution in [0.1, 0.15) is 25.7 Å². The lowest BCUT2D eigenvalue weighted by atomic mass is 10.2. The lowest BCUT2D eigenvalue weighted by Crippen LogP contribution is -2.34. The Morgan fingerprint density at radius 3 is 2.63 bits per heavy atom. The van der Waals surface area contributed by atoms with Gasteiger partial charge in [0.2, 0.25) is 11.8 Å². The molecule has 5 rings (SSSR count). The first-order valence-electron chi connectivity index (χ1n) is 9.63. The van der Waals surface area contributed by atoms with E-state index in [9.17, 15) is 9.18 Å². The Hall–Kier alpha value is -3.07. The van der Waals surface area contributed by atoms with Crippen molar-refractivity contribution in [2.24, 2.45) is 0 Å². The fraction of sp³-hybridized carbons (Fsp3) is 0.286. The van der Waals surface area contributed by atoms with Crippen molar-refractivity contribution in [3.63, 3.8) is 0 Å². The second kappa shape index (κ2) is 7.64. The smallest absolute Gasteiger partial charge is 0.277 e. The average Bonchev–Trinajstić information content (AvgIpc) is 3.47. The van der Waals surface area contributed by atoms with E-state index < -0.39 is 5.79 Å². The first-order valence-corrected chi connectivity index (χ1v) is 10.6. The molecule has 1 aliphatic heterocycles. The predicted octanol–water partition coefficient (Wildman–Crippen LogP) is 4.65. The van der Waals surface area contributed by atoms with Crippen molar-refractivity contribution >= 4 is 23.4 Å². The van der Waals surface area contributed by atoms with Gasteiger partial charge in [-0.25, -0.2) is 4.39 Å². The molecule has 1 N–H and O–H groups in total. The number of hydrogen-bond acceptors (Lipinski definition) is 7. The lowest BCUT2D eigenvalue weighted by Gasteiger charge is -2.21. The third kappa shape index (κ3) is 3.85. The summed E-state index contributed by atoms with van der Waals surface area (Å²) < 4.78 is 30.5. The van der Waals surface area contributed by atoms with E-state index in [0.717, 1.165) is 37.4 Å². The van der Waals surface area contributed by atoms with Crippen molar-refractivity contribution in [3.05, 3.63) is 48.3 Å². The summed E-state index contributed by atoms with van der Waals surface area (Å²) in [5.74, 6) is 0.661. The van der Waals surface area contributed by atoms with E-state index in [1.165, 1.54) is 12.1 Å². The van der Waals surface area contributed by atoms with Crippen LogP contribution >= 0.6 is 11.8 Å². The van der Waals surface area contributed by atoms with E-state index in [1.807, 2.05) is 6.07 Å². The van der Waals surface area contributed by atoms with Crippen LogP contribution in [-0.4, -0.2) is 27.6 Å². The molecule has 7 nitrogen and oxygen atoms in total. The molecular formula is C21H18FN3O4S. The number of anilines is 1. The monoisotopic (exact) mass is 427 g/mol. The minimum Gasteiger partial charge on any atom is -0.448 e. The maximum atomic E-state index is 13.0. The summed E-state index contributed by atoms with van der Waals surface area (Å²) in [6, 6.07) is 11.1. The van der Waals surface area contributed by atoms with Crippen LogP contribution in [0.3, 0.4) is 0 Å². The molecule has 1 amide bonds. The number of hydrogen-bond donors (Lipinski definition) is 1. The predicted molar refractivity (Wildman–Crippen MR) is 108 cm³/mol. The molecule has 1 aliphatic carbocycles. The first kappa shape index (κ1) is 18.9. The molecule has 1 aromatic heterocycles. The minimum atomic E-state index is -0.527. The van der Waals surface area contributed by atoms with Gasteiger partial charge in [-0.15, -0.1) is 10.2 Å². The zero-order chi connectivity index (χ0) is 20.6. The van der Waals surface area contributed by atoms with Gasteiger partial charge in [-0.3, -0.25) is 4.79 Å². The maximum absolute atomic E-state index is 13.0. The molecule has 0 bridgehead atoms. The Morgan fingerprint density at radius 1 is 1.07 bits per heavy atom. The quantitative estimate of drug-likeness (QED) is 0.593. The molecule has 0 radical (unpaired) electrons. The summed E-state index contributed by atoms with van der Waals surface area (Å²) in [4.78, 5) is 12.3. The molecule has 1 saturated carbocycles. The molecule has 0 saturated heterocycles. The second-order valence-electron chi connectivity index (χ2n) is 7.20. The number of nitrogens with zero attached hydrogens (tertiary/aromatic N) is 2. The van der Waals surface area contributed by atoms with Gasteiger partial charge in [0.1, 0.15) is 5.82 Å². The molecule has 2 heterocycles. The molecule has 154 valence electrons. The maximum Gasteiger partial charge on any atom is 0.277 e. The van der Waals surface area contributed by atoms with Gasteiger partial charge in [0.15, 0.2) is 11.5 Å². The molecule has 0 unspecified atom stereocenters. The highest BCUT2D eigenvalue weighted by Gasteiger charge is 2.44. The number of amides is 1. The Bertz CT molecular complexity index is 1080. The van der Waals surface area contributed by atoms with Crippen LogP contribution in [0.2, 0.25) is 0 Å². The molecule has 3 aromatic rings. The second-order valence-corrected chi connectivity index (χ2v) is 8.13. The van der Waals surface area contributed by atoms with Gasteiger partial charge in [0.05, 0.1) is 5.75 Å². The molecule has 30 heavy (non-hydrogen) atoms. The number of carbonyl (C=O) groups excluding carboxylic acids is 1. The van der Waals surface area contributed by atoms with Gasteiger partial charge in [0.25, 0.3) is 11.0 Å². The SMILES string of the molecule is O=C(CSc1nnc(-c2ccc(F)cc2)o1)Nc1ccc2c(c1)OC1(CCCC1)O2. The topological polar surface area (TPSA) is 86.5 Å². The molecule has 0 atom stereocenters. The highest BCUT2D eigenvalue weighted by Crippen LogP contribution is 2.47. The van der Waals surface area contributed by atoms with Gasteiger partial charge in [-0.05, 0) is 49.2 Å². The molecule has 1 spiro atoms. The molecule has 2 aromatic carbocycles. The van der Waals surface area contributed by atoms with E-state index in [-0.39, 0.29) is 28.6 Å². The number of aromatic nitrogens is 2. The van der Waals surface area contributed by atoms with Crippen LogP contribution in [0.15, 0.2) is 52.1 Å². The highest BCUT2D eigenvalue weighted by molar-refractivity contribution is 7.99. The van der Waals surface area contributed by atoms with E-state index in [0.29, 0.717) is 22.7 Å². The number of thioether (sulfide) groups is 1.